The molecule has 0 atom stereocenters. The molecule has 1 aromatic carbocycles. The maximum atomic E-state index is 10.5. The fourth-order valence-electron chi connectivity index (χ4n) is 1.46. The Labute approximate surface area is 89.2 Å². The number of carbonyl (C=O) groups is 1. The molecule has 1 rings (SSSR count). The molecule has 3 heteroatoms. The van der Waals surface area contributed by atoms with Crippen molar-refractivity contribution < 1.29 is 9.90 Å². The van der Waals surface area contributed by atoms with Gasteiger partial charge in [0.2, 0.25) is 0 Å². The lowest BCUT2D eigenvalue weighted by Gasteiger charge is -2.09. The van der Waals surface area contributed by atoms with Crippen LogP contribution in [0.1, 0.15) is 23.1 Å². The van der Waals surface area contributed by atoms with E-state index in [1.165, 1.54) is 0 Å². The van der Waals surface area contributed by atoms with Gasteiger partial charge in [-0.3, -0.25) is 4.79 Å². The van der Waals surface area contributed by atoms with Crippen LogP contribution in [-0.2, 0) is 4.79 Å². The van der Waals surface area contributed by atoms with Crippen LogP contribution in [0.4, 0.5) is 5.69 Å². The van der Waals surface area contributed by atoms with Crippen LogP contribution >= 0.6 is 0 Å². The quantitative estimate of drug-likeness (QED) is 0.744. The highest BCUT2D eigenvalue weighted by molar-refractivity contribution is 5.83. The molecule has 0 aliphatic rings. The van der Waals surface area contributed by atoms with Crippen molar-refractivity contribution in [1.82, 2.24) is 0 Å². The van der Waals surface area contributed by atoms with Gasteiger partial charge in [-0.25, -0.2) is 0 Å². The van der Waals surface area contributed by atoms with Gasteiger partial charge in [0.1, 0.15) is 0 Å². The number of hydrogen-bond acceptors (Lipinski definition) is 2. The van der Waals surface area contributed by atoms with Crippen molar-refractivity contribution in [3.05, 3.63) is 35.4 Å². The third-order valence-corrected chi connectivity index (χ3v) is 2.37. The Morgan fingerprint density at radius 3 is 2.27 bits per heavy atom. The number of nitrogen functional groups attached to an aromatic ring is 1. The molecule has 0 saturated heterocycles. The summed E-state index contributed by atoms with van der Waals surface area (Å²) in [7, 11) is 0. The minimum absolute atomic E-state index is 0.0389. The highest BCUT2D eigenvalue weighted by atomic mass is 16.4. The van der Waals surface area contributed by atoms with E-state index >= 15 is 0 Å². The normalized spacial score (nSPS) is 10.0. The zero-order valence-electron chi connectivity index (χ0n) is 9.00. The molecule has 0 amide bonds. The maximum Gasteiger partial charge on any atom is 0.307 e. The highest BCUT2D eigenvalue weighted by Gasteiger charge is 2.07. The zero-order chi connectivity index (χ0) is 11.6. The van der Waals surface area contributed by atoms with Crippen LogP contribution in [0.2, 0.25) is 0 Å². The molecule has 0 saturated carbocycles. The van der Waals surface area contributed by atoms with Crippen molar-refractivity contribution in [2.45, 2.75) is 20.3 Å². The van der Waals surface area contributed by atoms with E-state index in [2.05, 4.69) is 6.58 Å². The third kappa shape index (κ3) is 2.59. The smallest absolute Gasteiger partial charge is 0.307 e. The Hall–Kier alpha value is -1.77. The molecule has 0 fully saturated rings. The molecular formula is C12H15NO2. The number of rotatable bonds is 3. The van der Waals surface area contributed by atoms with E-state index in [1.54, 1.807) is 0 Å². The number of carboxylic acid groups (broad SMARTS) is 1. The fraction of sp³-hybridized carbons (Fsp3) is 0.250. The van der Waals surface area contributed by atoms with Gasteiger partial charge in [0.25, 0.3) is 0 Å². The molecule has 0 aliphatic heterocycles. The molecule has 0 heterocycles. The molecule has 0 bridgehead atoms. The second-order valence-electron chi connectivity index (χ2n) is 3.70. The summed E-state index contributed by atoms with van der Waals surface area (Å²) in [6.07, 6.45) is -0.0389. The molecule has 80 valence electrons. The number of carboxylic acids is 1. The van der Waals surface area contributed by atoms with Crippen molar-refractivity contribution in [1.29, 1.82) is 0 Å². The Morgan fingerprint density at radius 1 is 1.40 bits per heavy atom. The Kier molecular flexibility index (Phi) is 3.14. The third-order valence-electron chi connectivity index (χ3n) is 2.37. The number of benzene rings is 1. The summed E-state index contributed by atoms with van der Waals surface area (Å²) in [6.45, 7) is 7.56. The predicted octanol–water partition coefficient (Wildman–Crippen LogP) is 2.37. The van der Waals surface area contributed by atoms with Gasteiger partial charge in [0.05, 0.1) is 6.42 Å². The Balaban J connectivity index is 3.06. The van der Waals surface area contributed by atoms with Crippen LogP contribution in [0.5, 0.6) is 0 Å². The minimum atomic E-state index is -0.868. The highest BCUT2D eigenvalue weighted by Crippen LogP contribution is 2.24. The van der Waals surface area contributed by atoms with E-state index in [0.717, 1.165) is 22.4 Å². The van der Waals surface area contributed by atoms with Crippen LogP contribution in [-0.4, -0.2) is 11.1 Å². The van der Waals surface area contributed by atoms with Crippen molar-refractivity contribution in [3.63, 3.8) is 0 Å². The molecule has 0 aliphatic carbocycles. The summed E-state index contributed by atoms with van der Waals surface area (Å²) < 4.78 is 0. The van der Waals surface area contributed by atoms with E-state index in [4.69, 9.17) is 10.8 Å². The first kappa shape index (κ1) is 11.3. The standard InChI is InChI=1S/C12H15NO2/c1-7(6-11(14)15)10-4-8(2)12(13)9(3)5-10/h4-5H,1,6,13H2,2-3H3,(H,14,15). The molecule has 1 aromatic rings. The molecular weight excluding hydrogens is 190 g/mol. The van der Waals surface area contributed by atoms with Gasteiger partial charge in [-0.2, -0.15) is 0 Å². The first-order valence-electron chi connectivity index (χ1n) is 4.68. The van der Waals surface area contributed by atoms with Gasteiger partial charge in [-0.05, 0) is 48.2 Å². The molecule has 0 unspecified atom stereocenters. The minimum Gasteiger partial charge on any atom is -0.481 e. The molecule has 3 N–H and O–H groups in total. The molecule has 3 nitrogen and oxygen atoms in total. The van der Waals surface area contributed by atoms with Gasteiger partial charge in [-0.1, -0.05) is 6.58 Å². The van der Waals surface area contributed by atoms with Gasteiger partial charge >= 0.3 is 5.97 Å². The average molecular weight is 205 g/mol. The predicted molar refractivity (Wildman–Crippen MR) is 61.6 cm³/mol. The number of aryl methyl sites for hydroxylation is 2. The summed E-state index contributed by atoms with van der Waals surface area (Å²) >= 11 is 0. The summed E-state index contributed by atoms with van der Waals surface area (Å²) in [5, 5.41) is 8.65. The van der Waals surface area contributed by atoms with E-state index in [9.17, 15) is 4.79 Å². The number of hydrogen-bond donors (Lipinski definition) is 2. The molecule has 15 heavy (non-hydrogen) atoms. The lowest BCUT2D eigenvalue weighted by atomic mass is 9.98. The summed E-state index contributed by atoms with van der Waals surface area (Å²) in [5.41, 5.74) is 9.92. The molecule has 0 radical (unpaired) electrons. The fourth-order valence-corrected chi connectivity index (χ4v) is 1.46. The Morgan fingerprint density at radius 2 is 1.87 bits per heavy atom. The van der Waals surface area contributed by atoms with Crippen molar-refractivity contribution >= 4 is 17.2 Å². The summed E-state index contributed by atoms with van der Waals surface area (Å²) in [4.78, 5) is 10.5. The monoisotopic (exact) mass is 205 g/mol. The van der Waals surface area contributed by atoms with Crippen molar-refractivity contribution in [3.8, 4) is 0 Å². The topological polar surface area (TPSA) is 63.3 Å². The molecule has 0 spiro atoms. The maximum absolute atomic E-state index is 10.5. The molecule has 0 aromatic heterocycles. The number of aliphatic carboxylic acids is 1. The first-order chi connectivity index (χ1) is 6.91. The largest absolute Gasteiger partial charge is 0.481 e. The van der Waals surface area contributed by atoms with E-state index in [-0.39, 0.29) is 6.42 Å². The summed E-state index contributed by atoms with van der Waals surface area (Å²) in [6, 6.07) is 3.74. The lowest BCUT2D eigenvalue weighted by molar-refractivity contribution is -0.135. The van der Waals surface area contributed by atoms with Crippen LogP contribution in [0.3, 0.4) is 0 Å². The van der Waals surface area contributed by atoms with Crippen molar-refractivity contribution in [2.24, 2.45) is 0 Å². The van der Waals surface area contributed by atoms with E-state index < -0.39 is 5.97 Å². The SMILES string of the molecule is C=C(CC(=O)O)c1cc(C)c(N)c(C)c1. The number of nitrogens with two attached hydrogens (primary N) is 1. The first-order valence-corrected chi connectivity index (χ1v) is 4.68. The summed E-state index contributed by atoms with van der Waals surface area (Å²) in [5.74, 6) is -0.868. The van der Waals surface area contributed by atoms with E-state index in [0.29, 0.717) is 5.57 Å². The van der Waals surface area contributed by atoms with Crippen LogP contribution in [0.15, 0.2) is 18.7 Å². The van der Waals surface area contributed by atoms with Crippen LogP contribution in [0, 0.1) is 13.8 Å². The van der Waals surface area contributed by atoms with Crippen molar-refractivity contribution in [2.75, 3.05) is 5.73 Å². The van der Waals surface area contributed by atoms with Gasteiger partial charge in [-0.15, -0.1) is 0 Å². The van der Waals surface area contributed by atoms with Gasteiger partial charge in [0.15, 0.2) is 0 Å². The second-order valence-corrected chi connectivity index (χ2v) is 3.70. The zero-order valence-corrected chi connectivity index (χ0v) is 9.00. The van der Waals surface area contributed by atoms with E-state index in [1.807, 2.05) is 26.0 Å². The van der Waals surface area contributed by atoms with Gasteiger partial charge < -0.3 is 10.8 Å². The van der Waals surface area contributed by atoms with Crippen LogP contribution < -0.4 is 5.73 Å². The Bertz CT molecular complexity index is 399. The second kappa shape index (κ2) is 4.17. The van der Waals surface area contributed by atoms with Gasteiger partial charge in [0, 0.05) is 5.69 Å². The van der Waals surface area contributed by atoms with Crippen LogP contribution in [0.25, 0.3) is 5.57 Å². The number of anilines is 1. The lowest BCUT2D eigenvalue weighted by Crippen LogP contribution is -1.99. The average Bonchev–Trinajstić information content (AvgIpc) is 2.12.